The smallest absolute Gasteiger partial charge is 0.231 e. The highest BCUT2D eigenvalue weighted by Crippen LogP contribution is 2.40. The summed E-state index contributed by atoms with van der Waals surface area (Å²) in [5, 5.41) is 3.18. The fourth-order valence-corrected chi connectivity index (χ4v) is 3.80. The van der Waals surface area contributed by atoms with Crippen molar-refractivity contribution in [3.05, 3.63) is 53.5 Å². The first-order valence-electron chi connectivity index (χ1n) is 9.07. The second-order valence-electron chi connectivity index (χ2n) is 7.01. The van der Waals surface area contributed by atoms with Crippen molar-refractivity contribution in [1.82, 2.24) is 5.32 Å². The summed E-state index contributed by atoms with van der Waals surface area (Å²) in [6, 6.07) is 11.7. The predicted octanol–water partition coefficient (Wildman–Crippen LogP) is 4.68. The molecular formula is C21H27NO3. The van der Waals surface area contributed by atoms with Crippen LogP contribution in [-0.4, -0.2) is 13.0 Å². The van der Waals surface area contributed by atoms with Crippen LogP contribution in [0.1, 0.15) is 62.2 Å². The van der Waals surface area contributed by atoms with Crippen LogP contribution < -0.4 is 10.1 Å². The molecule has 1 atom stereocenters. The van der Waals surface area contributed by atoms with Crippen molar-refractivity contribution in [2.24, 2.45) is 0 Å². The number of amides is 1. The zero-order valence-electron chi connectivity index (χ0n) is 15.3. The minimum atomic E-state index is -0.458. The van der Waals surface area contributed by atoms with Crippen LogP contribution in [-0.2, 0) is 10.2 Å². The average Bonchev–Trinajstić information content (AvgIpc) is 3.09. The number of hydrogen-bond acceptors (Lipinski definition) is 3. The zero-order chi connectivity index (χ0) is 17.9. The Morgan fingerprint density at radius 3 is 2.36 bits per heavy atom. The summed E-state index contributed by atoms with van der Waals surface area (Å²) in [6.45, 7) is 3.89. The van der Waals surface area contributed by atoms with Crippen LogP contribution in [0.15, 0.2) is 40.8 Å². The van der Waals surface area contributed by atoms with Crippen LogP contribution >= 0.6 is 0 Å². The lowest BCUT2D eigenvalue weighted by Crippen LogP contribution is -2.46. The lowest BCUT2D eigenvalue weighted by Gasteiger charge is -2.37. The van der Waals surface area contributed by atoms with Gasteiger partial charge in [-0.25, -0.2) is 0 Å². The van der Waals surface area contributed by atoms with E-state index in [1.54, 1.807) is 7.11 Å². The third-order valence-electron chi connectivity index (χ3n) is 5.32. The molecule has 1 saturated carbocycles. The average molecular weight is 341 g/mol. The number of carbonyl (C=O) groups is 1. The Bertz CT molecular complexity index is 711. The van der Waals surface area contributed by atoms with Gasteiger partial charge in [0.05, 0.1) is 18.6 Å². The molecule has 1 amide bonds. The van der Waals surface area contributed by atoms with Gasteiger partial charge in [-0.15, -0.1) is 0 Å². The highest BCUT2D eigenvalue weighted by atomic mass is 16.5. The lowest BCUT2D eigenvalue weighted by molar-refractivity contribution is -0.128. The molecule has 1 heterocycles. The van der Waals surface area contributed by atoms with Crippen molar-refractivity contribution in [2.45, 2.75) is 57.4 Å². The van der Waals surface area contributed by atoms with E-state index >= 15 is 0 Å². The normalized spacial score (nSPS) is 17.7. The summed E-state index contributed by atoms with van der Waals surface area (Å²) in [6.07, 6.45) is 5.11. The maximum atomic E-state index is 13.3. The summed E-state index contributed by atoms with van der Waals surface area (Å²) < 4.78 is 10.9. The van der Waals surface area contributed by atoms with E-state index in [1.807, 2.05) is 50.2 Å². The summed E-state index contributed by atoms with van der Waals surface area (Å²) in [7, 11) is 1.66. The van der Waals surface area contributed by atoms with Gasteiger partial charge in [0.15, 0.2) is 0 Å². The second-order valence-corrected chi connectivity index (χ2v) is 7.01. The first-order valence-corrected chi connectivity index (χ1v) is 9.07. The molecule has 134 valence electrons. The van der Waals surface area contributed by atoms with Crippen molar-refractivity contribution in [1.29, 1.82) is 0 Å². The second kappa shape index (κ2) is 7.34. The minimum Gasteiger partial charge on any atom is -0.497 e. The molecule has 1 N–H and O–H groups in total. The predicted molar refractivity (Wildman–Crippen MR) is 97.8 cm³/mol. The monoisotopic (exact) mass is 341 g/mol. The van der Waals surface area contributed by atoms with Gasteiger partial charge in [-0.2, -0.15) is 0 Å². The maximum Gasteiger partial charge on any atom is 0.231 e. The third kappa shape index (κ3) is 3.58. The Morgan fingerprint density at radius 1 is 1.12 bits per heavy atom. The molecule has 1 aromatic heterocycles. The molecule has 1 unspecified atom stereocenters. The van der Waals surface area contributed by atoms with Crippen LogP contribution in [0.2, 0.25) is 0 Å². The number of furan rings is 1. The molecule has 4 nitrogen and oxygen atoms in total. The quantitative estimate of drug-likeness (QED) is 0.859. The van der Waals surface area contributed by atoms with E-state index in [9.17, 15) is 4.79 Å². The van der Waals surface area contributed by atoms with Crippen LogP contribution in [0.4, 0.5) is 0 Å². The van der Waals surface area contributed by atoms with Gasteiger partial charge < -0.3 is 14.5 Å². The Morgan fingerprint density at radius 2 is 1.80 bits per heavy atom. The number of aryl methyl sites for hydroxylation is 1. The number of benzene rings is 1. The molecule has 1 fully saturated rings. The molecule has 3 rings (SSSR count). The topological polar surface area (TPSA) is 51.5 Å². The standard InChI is InChI=1S/C21H27NO3/c1-15-7-12-19(25-15)16(2)22-20(23)21(13-5-4-6-14-21)17-8-10-18(24-3)11-9-17/h7-12,16H,4-6,13-14H2,1-3H3,(H,22,23). The Labute approximate surface area is 149 Å². The van der Waals surface area contributed by atoms with Gasteiger partial charge in [-0.3, -0.25) is 4.79 Å². The molecule has 0 spiro atoms. The molecule has 1 aliphatic rings. The number of hydrogen-bond donors (Lipinski definition) is 1. The van der Waals surface area contributed by atoms with Gasteiger partial charge in [-0.05, 0) is 56.5 Å². The number of rotatable bonds is 5. The van der Waals surface area contributed by atoms with E-state index in [4.69, 9.17) is 9.15 Å². The molecular weight excluding hydrogens is 314 g/mol. The molecule has 0 bridgehead atoms. The summed E-state index contributed by atoms with van der Waals surface area (Å²) in [5.41, 5.74) is 0.619. The van der Waals surface area contributed by atoms with Crippen LogP contribution in [0, 0.1) is 6.92 Å². The number of carbonyl (C=O) groups excluding carboxylic acids is 1. The van der Waals surface area contributed by atoms with Crippen molar-refractivity contribution in [3.8, 4) is 5.75 Å². The fraction of sp³-hybridized carbons (Fsp3) is 0.476. The van der Waals surface area contributed by atoms with Crippen LogP contribution in [0.3, 0.4) is 0 Å². The first kappa shape index (κ1) is 17.6. The van der Waals surface area contributed by atoms with Gasteiger partial charge in [0.25, 0.3) is 0 Å². The van der Waals surface area contributed by atoms with Gasteiger partial charge in [-0.1, -0.05) is 31.4 Å². The van der Waals surface area contributed by atoms with E-state index in [0.29, 0.717) is 0 Å². The van der Waals surface area contributed by atoms with Crippen molar-refractivity contribution in [3.63, 3.8) is 0 Å². The zero-order valence-corrected chi connectivity index (χ0v) is 15.3. The molecule has 1 aromatic carbocycles. The summed E-state index contributed by atoms with van der Waals surface area (Å²) >= 11 is 0. The Kier molecular flexibility index (Phi) is 5.16. The third-order valence-corrected chi connectivity index (χ3v) is 5.32. The van der Waals surface area contributed by atoms with E-state index in [1.165, 1.54) is 6.42 Å². The SMILES string of the molecule is COc1ccc(C2(C(=O)NC(C)c3ccc(C)o3)CCCCC2)cc1. The summed E-state index contributed by atoms with van der Waals surface area (Å²) in [4.78, 5) is 13.3. The van der Waals surface area contributed by atoms with Gasteiger partial charge in [0, 0.05) is 0 Å². The van der Waals surface area contributed by atoms with Crippen molar-refractivity contribution in [2.75, 3.05) is 7.11 Å². The van der Waals surface area contributed by atoms with Crippen molar-refractivity contribution < 1.29 is 13.9 Å². The largest absolute Gasteiger partial charge is 0.497 e. The first-order chi connectivity index (χ1) is 12.0. The van der Waals surface area contributed by atoms with Crippen LogP contribution in [0.25, 0.3) is 0 Å². The number of methoxy groups -OCH3 is 1. The number of ether oxygens (including phenoxy) is 1. The Hall–Kier alpha value is -2.23. The lowest BCUT2D eigenvalue weighted by atomic mass is 9.68. The highest BCUT2D eigenvalue weighted by molar-refractivity contribution is 5.88. The summed E-state index contributed by atoms with van der Waals surface area (Å²) in [5.74, 6) is 2.57. The molecule has 2 aromatic rings. The molecule has 0 radical (unpaired) electrons. The van der Waals surface area contributed by atoms with E-state index in [0.717, 1.165) is 48.5 Å². The van der Waals surface area contributed by atoms with Crippen molar-refractivity contribution >= 4 is 5.91 Å². The molecule has 25 heavy (non-hydrogen) atoms. The van der Waals surface area contributed by atoms with Gasteiger partial charge in [0.2, 0.25) is 5.91 Å². The number of nitrogens with one attached hydrogen (secondary N) is 1. The minimum absolute atomic E-state index is 0.0962. The van der Waals surface area contributed by atoms with Gasteiger partial charge in [0.1, 0.15) is 17.3 Å². The molecule has 0 saturated heterocycles. The fourth-order valence-electron chi connectivity index (χ4n) is 3.80. The molecule has 1 aliphatic carbocycles. The highest BCUT2D eigenvalue weighted by Gasteiger charge is 2.41. The van der Waals surface area contributed by atoms with E-state index in [2.05, 4.69) is 5.32 Å². The van der Waals surface area contributed by atoms with E-state index < -0.39 is 5.41 Å². The molecule has 4 heteroatoms. The van der Waals surface area contributed by atoms with Crippen LogP contribution in [0.5, 0.6) is 5.75 Å². The van der Waals surface area contributed by atoms with Gasteiger partial charge >= 0.3 is 0 Å². The maximum absolute atomic E-state index is 13.3. The van der Waals surface area contributed by atoms with E-state index in [-0.39, 0.29) is 11.9 Å². The Balaban J connectivity index is 1.85. The molecule has 0 aliphatic heterocycles.